The van der Waals surface area contributed by atoms with Gasteiger partial charge in [0.2, 0.25) is 0 Å². The lowest BCUT2D eigenvalue weighted by Gasteiger charge is -2.13. The van der Waals surface area contributed by atoms with E-state index >= 15 is 0 Å². The molecule has 0 bridgehead atoms. The van der Waals surface area contributed by atoms with Gasteiger partial charge in [-0.2, -0.15) is 13.2 Å². The van der Waals surface area contributed by atoms with Crippen LogP contribution in [0.3, 0.4) is 0 Å². The Morgan fingerprint density at radius 1 is 1.06 bits per heavy atom. The first-order valence-corrected chi connectivity index (χ1v) is 10.4. The first-order chi connectivity index (χ1) is 14.4. The molecule has 12 heteroatoms. The van der Waals surface area contributed by atoms with E-state index in [9.17, 15) is 31.2 Å². The molecular formula is C19H20F3N3O5S. The van der Waals surface area contributed by atoms with E-state index in [-0.39, 0.29) is 16.1 Å². The molecule has 0 aliphatic carbocycles. The van der Waals surface area contributed by atoms with Crippen LogP contribution in [0.15, 0.2) is 53.4 Å². The van der Waals surface area contributed by atoms with Gasteiger partial charge in [-0.1, -0.05) is 12.1 Å². The van der Waals surface area contributed by atoms with Gasteiger partial charge in [-0.15, -0.1) is 0 Å². The van der Waals surface area contributed by atoms with Gasteiger partial charge < -0.3 is 4.74 Å². The second kappa shape index (κ2) is 9.79. The van der Waals surface area contributed by atoms with Crippen LogP contribution in [0.2, 0.25) is 0 Å². The molecule has 0 aliphatic rings. The Morgan fingerprint density at radius 2 is 1.74 bits per heavy atom. The van der Waals surface area contributed by atoms with Gasteiger partial charge in [0.05, 0.1) is 10.5 Å². The van der Waals surface area contributed by atoms with Crippen molar-refractivity contribution in [1.29, 1.82) is 0 Å². The van der Waals surface area contributed by atoms with Gasteiger partial charge in [-0.05, 0) is 50.2 Å². The van der Waals surface area contributed by atoms with Crippen molar-refractivity contribution in [3.8, 4) is 0 Å². The van der Waals surface area contributed by atoms with Crippen molar-refractivity contribution in [2.45, 2.75) is 31.0 Å². The zero-order valence-electron chi connectivity index (χ0n) is 16.5. The highest BCUT2D eigenvalue weighted by atomic mass is 32.2. The second-order valence-electron chi connectivity index (χ2n) is 6.25. The molecule has 0 aromatic heterocycles. The molecule has 1 atom stereocenters. The number of anilines is 1. The molecule has 0 aliphatic heterocycles. The topological polar surface area (TPSA) is 114 Å². The molecule has 1 unspecified atom stereocenters. The van der Waals surface area contributed by atoms with Crippen molar-refractivity contribution >= 4 is 27.5 Å². The molecule has 0 saturated heterocycles. The monoisotopic (exact) mass is 459 g/mol. The van der Waals surface area contributed by atoms with Crippen LogP contribution >= 0.6 is 0 Å². The summed E-state index contributed by atoms with van der Waals surface area (Å²) in [6.07, 6.45) is -5.45. The fourth-order valence-electron chi connectivity index (χ4n) is 2.40. The van der Waals surface area contributed by atoms with Gasteiger partial charge in [0.1, 0.15) is 6.10 Å². The van der Waals surface area contributed by atoms with E-state index in [1.54, 1.807) is 6.92 Å². The lowest BCUT2D eigenvalue weighted by Crippen LogP contribution is -2.46. The number of rotatable bonds is 7. The third kappa shape index (κ3) is 6.69. The van der Waals surface area contributed by atoms with E-state index in [0.717, 1.165) is 18.2 Å². The van der Waals surface area contributed by atoms with Crippen molar-refractivity contribution < 1.29 is 35.9 Å². The number of hydrogen-bond donors (Lipinski definition) is 3. The van der Waals surface area contributed by atoms with Gasteiger partial charge in [-0.25, -0.2) is 8.42 Å². The van der Waals surface area contributed by atoms with Crippen LogP contribution in [0.4, 0.5) is 18.9 Å². The van der Waals surface area contributed by atoms with Gasteiger partial charge in [0.25, 0.3) is 21.8 Å². The minimum absolute atomic E-state index is 0.101. The van der Waals surface area contributed by atoms with Crippen LogP contribution in [-0.4, -0.2) is 32.9 Å². The van der Waals surface area contributed by atoms with E-state index in [0.29, 0.717) is 12.7 Å². The molecule has 31 heavy (non-hydrogen) atoms. The molecule has 0 saturated carbocycles. The quantitative estimate of drug-likeness (QED) is 0.551. The molecule has 0 fully saturated rings. The summed E-state index contributed by atoms with van der Waals surface area (Å²) in [6.45, 7) is 3.47. The van der Waals surface area contributed by atoms with Crippen LogP contribution in [-0.2, 0) is 25.7 Å². The lowest BCUT2D eigenvalue weighted by molar-refractivity contribution is -0.137. The summed E-state index contributed by atoms with van der Waals surface area (Å²) in [5.41, 5.74) is 2.87. The van der Waals surface area contributed by atoms with Crippen molar-refractivity contribution in [2.75, 3.05) is 11.3 Å². The SMILES string of the molecule is CCOC(C)C(=O)NNC(=O)c1cccc(S(=O)(=O)Nc2cccc(C(F)(F)F)c2)c1. The number of hydrogen-bond acceptors (Lipinski definition) is 5. The second-order valence-corrected chi connectivity index (χ2v) is 7.94. The van der Waals surface area contributed by atoms with E-state index < -0.39 is 39.7 Å². The van der Waals surface area contributed by atoms with Crippen LogP contribution in [0.1, 0.15) is 29.8 Å². The largest absolute Gasteiger partial charge is 0.416 e. The van der Waals surface area contributed by atoms with Crippen molar-refractivity contribution in [1.82, 2.24) is 10.9 Å². The number of halogens is 3. The number of carbonyl (C=O) groups is 2. The molecular weight excluding hydrogens is 439 g/mol. The van der Waals surface area contributed by atoms with Gasteiger partial charge >= 0.3 is 6.18 Å². The minimum Gasteiger partial charge on any atom is -0.369 e. The Bertz CT molecular complexity index is 1060. The highest BCUT2D eigenvalue weighted by Gasteiger charge is 2.30. The zero-order valence-corrected chi connectivity index (χ0v) is 17.3. The number of alkyl halides is 3. The fraction of sp³-hybridized carbons (Fsp3) is 0.263. The highest BCUT2D eigenvalue weighted by Crippen LogP contribution is 2.31. The average molecular weight is 459 g/mol. The van der Waals surface area contributed by atoms with Crippen molar-refractivity contribution in [3.05, 3.63) is 59.7 Å². The van der Waals surface area contributed by atoms with Gasteiger partial charge in [-0.3, -0.25) is 25.2 Å². The summed E-state index contributed by atoms with van der Waals surface area (Å²) in [5, 5.41) is 0. The van der Waals surface area contributed by atoms with Gasteiger partial charge in [0.15, 0.2) is 0 Å². The van der Waals surface area contributed by atoms with Crippen LogP contribution in [0, 0.1) is 0 Å². The molecule has 168 valence electrons. The average Bonchev–Trinajstić information content (AvgIpc) is 2.71. The Labute approximate surface area is 176 Å². The predicted octanol–water partition coefficient (Wildman–Crippen LogP) is 2.69. The third-order valence-electron chi connectivity index (χ3n) is 3.93. The maximum absolute atomic E-state index is 12.8. The fourth-order valence-corrected chi connectivity index (χ4v) is 3.49. The van der Waals surface area contributed by atoms with Crippen molar-refractivity contribution in [3.63, 3.8) is 0 Å². The molecule has 8 nitrogen and oxygen atoms in total. The summed E-state index contributed by atoms with van der Waals surface area (Å²) < 4.78 is 70.7. The highest BCUT2D eigenvalue weighted by molar-refractivity contribution is 7.92. The Kier molecular flexibility index (Phi) is 7.63. The molecule has 2 rings (SSSR count). The number of sulfonamides is 1. The number of benzene rings is 2. The smallest absolute Gasteiger partial charge is 0.369 e. The summed E-state index contributed by atoms with van der Waals surface area (Å²) in [5.74, 6) is -1.40. The van der Waals surface area contributed by atoms with Crippen LogP contribution in [0.5, 0.6) is 0 Å². The maximum atomic E-state index is 12.8. The van der Waals surface area contributed by atoms with Crippen LogP contribution in [0.25, 0.3) is 0 Å². The molecule has 2 amide bonds. The van der Waals surface area contributed by atoms with Crippen molar-refractivity contribution in [2.24, 2.45) is 0 Å². The summed E-state index contributed by atoms with van der Waals surface area (Å²) in [7, 11) is -4.29. The standard InChI is InChI=1S/C19H20F3N3O5S/c1-3-30-12(2)17(26)23-24-18(27)13-6-4-9-16(10-13)31(28,29)25-15-8-5-7-14(11-15)19(20,21)22/h4-12,25H,3H2,1-2H3,(H,23,26)(H,24,27). The predicted molar refractivity (Wildman–Crippen MR) is 105 cm³/mol. The van der Waals surface area contributed by atoms with E-state index in [1.165, 1.54) is 31.2 Å². The summed E-state index contributed by atoms with van der Waals surface area (Å²) >= 11 is 0. The molecule has 3 N–H and O–H groups in total. The normalized spacial score (nSPS) is 12.7. The Hall–Kier alpha value is -3.12. The minimum atomic E-state index is -4.64. The number of nitrogens with one attached hydrogen (secondary N) is 3. The zero-order chi connectivity index (χ0) is 23.2. The van der Waals surface area contributed by atoms with E-state index in [4.69, 9.17) is 4.74 Å². The number of ether oxygens (including phenoxy) is 1. The number of amides is 2. The van der Waals surface area contributed by atoms with Crippen LogP contribution < -0.4 is 15.6 Å². The first kappa shape index (κ1) is 24.2. The third-order valence-corrected chi connectivity index (χ3v) is 5.31. The molecule has 2 aromatic carbocycles. The Morgan fingerprint density at radius 3 is 2.39 bits per heavy atom. The van der Waals surface area contributed by atoms with E-state index in [1.807, 2.05) is 4.72 Å². The molecule has 0 heterocycles. The molecule has 0 spiro atoms. The molecule has 2 aromatic rings. The first-order valence-electron chi connectivity index (χ1n) is 8.96. The van der Waals surface area contributed by atoms with E-state index in [2.05, 4.69) is 10.9 Å². The number of hydrazine groups is 1. The Balaban J connectivity index is 2.15. The van der Waals surface area contributed by atoms with Gasteiger partial charge in [0, 0.05) is 17.9 Å². The summed E-state index contributed by atoms with van der Waals surface area (Å²) in [4.78, 5) is 23.6. The lowest BCUT2D eigenvalue weighted by atomic mass is 10.2. The molecule has 0 radical (unpaired) electrons. The summed E-state index contributed by atoms with van der Waals surface area (Å²) in [6, 6.07) is 8.46. The maximum Gasteiger partial charge on any atom is 0.416 e. The number of carbonyl (C=O) groups excluding carboxylic acids is 2.